The first kappa shape index (κ1) is 10.8. The zero-order chi connectivity index (χ0) is 11.5. The molecule has 0 aliphatic carbocycles. The average molecular weight is 221 g/mol. The number of esters is 1. The van der Waals surface area contributed by atoms with Gasteiger partial charge in [0.15, 0.2) is 0 Å². The Bertz CT molecular complexity index is 397. The van der Waals surface area contributed by atoms with Crippen molar-refractivity contribution < 1.29 is 14.6 Å². The molecule has 0 saturated carbocycles. The van der Waals surface area contributed by atoms with E-state index in [0.717, 1.165) is 31.6 Å². The molecular weight excluding hydrogens is 206 g/mol. The molecule has 1 fully saturated rings. The van der Waals surface area contributed by atoms with Gasteiger partial charge in [-0.05, 0) is 31.0 Å². The number of hydrogen-bond acceptors (Lipinski definition) is 4. The van der Waals surface area contributed by atoms with Crippen molar-refractivity contribution in [2.75, 3.05) is 25.1 Å². The molecule has 4 heteroatoms. The number of ether oxygens (including phenoxy) is 1. The molecule has 1 saturated heterocycles. The van der Waals surface area contributed by atoms with Crippen LogP contribution in [0.15, 0.2) is 18.2 Å². The molecule has 4 nitrogen and oxygen atoms in total. The lowest BCUT2D eigenvalue weighted by Gasteiger charge is -2.19. The number of anilines is 1. The van der Waals surface area contributed by atoms with E-state index in [0.29, 0.717) is 5.56 Å². The third-order valence-corrected chi connectivity index (χ3v) is 2.84. The monoisotopic (exact) mass is 221 g/mol. The standard InChI is InChI=1S/C12H15NO3/c1-16-12(15)9-4-5-10(11(14)8-9)13-6-2-3-7-13/h4-5,8,14H,2-3,6-7H2,1H3. The van der Waals surface area contributed by atoms with E-state index in [1.807, 2.05) is 0 Å². The minimum Gasteiger partial charge on any atom is -0.506 e. The van der Waals surface area contributed by atoms with Gasteiger partial charge in [0.1, 0.15) is 5.75 Å². The van der Waals surface area contributed by atoms with E-state index in [4.69, 9.17) is 0 Å². The molecule has 1 heterocycles. The number of carbonyl (C=O) groups excluding carboxylic acids is 1. The second-order valence-electron chi connectivity index (χ2n) is 3.89. The zero-order valence-corrected chi connectivity index (χ0v) is 9.27. The van der Waals surface area contributed by atoms with Crippen LogP contribution in [0.25, 0.3) is 0 Å². The molecule has 0 bridgehead atoms. The molecule has 0 atom stereocenters. The number of benzene rings is 1. The van der Waals surface area contributed by atoms with Crippen LogP contribution in [0.4, 0.5) is 5.69 Å². The van der Waals surface area contributed by atoms with Gasteiger partial charge < -0.3 is 14.7 Å². The lowest BCUT2D eigenvalue weighted by Crippen LogP contribution is -2.17. The van der Waals surface area contributed by atoms with Crippen molar-refractivity contribution in [3.63, 3.8) is 0 Å². The molecule has 1 aromatic carbocycles. The molecule has 86 valence electrons. The molecule has 1 aliphatic rings. The Morgan fingerprint density at radius 3 is 2.62 bits per heavy atom. The van der Waals surface area contributed by atoms with Gasteiger partial charge in [0.05, 0.1) is 18.4 Å². The molecule has 16 heavy (non-hydrogen) atoms. The number of phenols is 1. The summed E-state index contributed by atoms with van der Waals surface area (Å²) in [5, 5.41) is 9.85. The Labute approximate surface area is 94.4 Å². The van der Waals surface area contributed by atoms with E-state index < -0.39 is 5.97 Å². The van der Waals surface area contributed by atoms with E-state index >= 15 is 0 Å². The topological polar surface area (TPSA) is 49.8 Å². The smallest absolute Gasteiger partial charge is 0.337 e. The van der Waals surface area contributed by atoms with Crippen LogP contribution in [0.2, 0.25) is 0 Å². The zero-order valence-electron chi connectivity index (χ0n) is 9.27. The highest BCUT2D eigenvalue weighted by molar-refractivity contribution is 5.90. The van der Waals surface area contributed by atoms with Gasteiger partial charge in [0.2, 0.25) is 0 Å². The molecule has 2 rings (SSSR count). The maximum Gasteiger partial charge on any atom is 0.337 e. The lowest BCUT2D eigenvalue weighted by molar-refractivity contribution is 0.0600. The Hall–Kier alpha value is -1.71. The minimum absolute atomic E-state index is 0.143. The van der Waals surface area contributed by atoms with Crippen molar-refractivity contribution in [2.24, 2.45) is 0 Å². The lowest BCUT2D eigenvalue weighted by atomic mass is 10.2. The summed E-state index contributed by atoms with van der Waals surface area (Å²) in [5.74, 6) is -0.284. The van der Waals surface area contributed by atoms with Crippen molar-refractivity contribution in [2.45, 2.75) is 12.8 Å². The fraction of sp³-hybridized carbons (Fsp3) is 0.417. The first-order chi connectivity index (χ1) is 7.72. The van der Waals surface area contributed by atoms with Crippen LogP contribution in [-0.4, -0.2) is 31.3 Å². The van der Waals surface area contributed by atoms with Gasteiger partial charge in [0.25, 0.3) is 0 Å². The first-order valence-electron chi connectivity index (χ1n) is 5.38. The number of hydrogen-bond donors (Lipinski definition) is 1. The molecule has 0 spiro atoms. The highest BCUT2D eigenvalue weighted by atomic mass is 16.5. The predicted molar refractivity (Wildman–Crippen MR) is 60.9 cm³/mol. The summed E-state index contributed by atoms with van der Waals surface area (Å²) in [6.45, 7) is 1.93. The van der Waals surface area contributed by atoms with Gasteiger partial charge in [-0.3, -0.25) is 0 Å². The summed E-state index contributed by atoms with van der Waals surface area (Å²) in [6.07, 6.45) is 2.30. The predicted octanol–water partition coefficient (Wildman–Crippen LogP) is 1.78. The van der Waals surface area contributed by atoms with Crippen LogP contribution < -0.4 is 4.90 Å². The average Bonchev–Trinajstić information content (AvgIpc) is 2.81. The SMILES string of the molecule is COC(=O)c1ccc(N2CCCC2)c(O)c1. The molecule has 0 amide bonds. The van der Waals surface area contributed by atoms with Gasteiger partial charge in [-0.2, -0.15) is 0 Å². The molecule has 1 N–H and O–H groups in total. The fourth-order valence-electron chi connectivity index (χ4n) is 1.99. The molecule has 1 aromatic rings. The van der Waals surface area contributed by atoms with Crippen LogP contribution in [0.3, 0.4) is 0 Å². The summed E-state index contributed by atoms with van der Waals surface area (Å²) in [6, 6.07) is 4.91. The number of aromatic hydroxyl groups is 1. The number of phenolic OH excluding ortho intramolecular Hbond substituents is 1. The van der Waals surface area contributed by atoms with E-state index in [1.165, 1.54) is 13.2 Å². The van der Waals surface area contributed by atoms with E-state index in [1.54, 1.807) is 12.1 Å². The highest BCUT2D eigenvalue weighted by Gasteiger charge is 2.17. The van der Waals surface area contributed by atoms with Crippen LogP contribution in [0.5, 0.6) is 5.75 Å². The van der Waals surface area contributed by atoms with Crippen LogP contribution >= 0.6 is 0 Å². The van der Waals surface area contributed by atoms with Gasteiger partial charge in [-0.25, -0.2) is 4.79 Å². The molecule has 0 radical (unpaired) electrons. The normalized spacial score (nSPS) is 15.2. The summed E-state index contributed by atoms with van der Waals surface area (Å²) in [5.41, 5.74) is 1.17. The van der Waals surface area contributed by atoms with Crippen LogP contribution in [-0.2, 0) is 4.74 Å². The number of nitrogens with zero attached hydrogens (tertiary/aromatic N) is 1. The highest BCUT2D eigenvalue weighted by Crippen LogP contribution is 2.30. The molecule has 0 unspecified atom stereocenters. The number of methoxy groups -OCH3 is 1. The fourth-order valence-corrected chi connectivity index (χ4v) is 1.99. The first-order valence-corrected chi connectivity index (χ1v) is 5.38. The summed E-state index contributed by atoms with van der Waals surface area (Å²) >= 11 is 0. The molecular formula is C12H15NO3. The van der Waals surface area contributed by atoms with E-state index in [2.05, 4.69) is 9.64 Å². The Morgan fingerprint density at radius 1 is 1.38 bits per heavy atom. The van der Waals surface area contributed by atoms with Gasteiger partial charge in [0, 0.05) is 13.1 Å². The van der Waals surface area contributed by atoms with Gasteiger partial charge in [-0.15, -0.1) is 0 Å². The van der Waals surface area contributed by atoms with Gasteiger partial charge in [-0.1, -0.05) is 0 Å². The van der Waals surface area contributed by atoms with Crippen LogP contribution in [0, 0.1) is 0 Å². The maximum absolute atomic E-state index is 11.3. The summed E-state index contributed by atoms with van der Waals surface area (Å²) < 4.78 is 4.59. The Balaban J connectivity index is 2.25. The Morgan fingerprint density at radius 2 is 2.06 bits per heavy atom. The number of carbonyl (C=O) groups is 1. The van der Waals surface area contributed by atoms with Crippen molar-refractivity contribution in [3.05, 3.63) is 23.8 Å². The van der Waals surface area contributed by atoms with Crippen molar-refractivity contribution >= 4 is 11.7 Å². The molecule has 0 aromatic heterocycles. The summed E-state index contributed by atoms with van der Waals surface area (Å²) in [7, 11) is 1.33. The second kappa shape index (κ2) is 4.43. The maximum atomic E-state index is 11.3. The number of rotatable bonds is 2. The minimum atomic E-state index is -0.428. The Kier molecular flexibility index (Phi) is 2.99. The van der Waals surface area contributed by atoms with Crippen molar-refractivity contribution in [3.8, 4) is 5.75 Å². The third kappa shape index (κ3) is 1.96. The van der Waals surface area contributed by atoms with Crippen molar-refractivity contribution in [1.29, 1.82) is 0 Å². The quantitative estimate of drug-likeness (QED) is 0.773. The third-order valence-electron chi connectivity index (χ3n) is 2.84. The largest absolute Gasteiger partial charge is 0.506 e. The summed E-state index contributed by atoms with van der Waals surface area (Å²) in [4.78, 5) is 13.4. The van der Waals surface area contributed by atoms with Crippen molar-refractivity contribution in [1.82, 2.24) is 0 Å². The molecule has 1 aliphatic heterocycles. The van der Waals surface area contributed by atoms with E-state index in [-0.39, 0.29) is 5.75 Å². The van der Waals surface area contributed by atoms with Crippen LogP contribution in [0.1, 0.15) is 23.2 Å². The van der Waals surface area contributed by atoms with E-state index in [9.17, 15) is 9.90 Å². The van der Waals surface area contributed by atoms with Gasteiger partial charge >= 0.3 is 5.97 Å². The second-order valence-corrected chi connectivity index (χ2v) is 3.89.